The predicted octanol–water partition coefficient (Wildman–Crippen LogP) is 31.2. The second-order valence-corrected chi connectivity index (χ2v) is 45.7. The molecule has 0 spiro atoms. The lowest BCUT2D eigenvalue weighted by atomic mass is 9.92. The molecule has 3 aromatic heterocycles. The highest BCUT2D eigenvalue weighted by Crippen LogP contribution is 2.44. The third-order valence-electron chi connectivity index (χ3n) is 24.4. The van der Waals surface area contributed by atoms with Gasteiger partial charge in [-0.1, -0.05) is 270 Å². The number of hydrogen-bond donors (Lipinski definition) is 0. The van der Waals surface area contributed by atoms with Crippen LogP contribution >= 0.6 is 0 Å². The van der Waals surface area contributed by atoms with E-state index < -0.39 is 16.1 Å². The molecule has 9 rings (SSSR count). The van der Waals surface area contributed by atoms with Crippen molar-refractivity contribution in [3.8, 4) is 70.0 Å². The second kappa shape index (κ2) is 50.4. The summed E-state index contributed by atoms with van der Waals surface area (Å²) in [5.74, 6) is 10.4. The van der Waals surface area contributed by atoms with Crippen molar-refractivity contribution in [2.75, 3.05) is 0 Å². The molecule has 0 saturated heterocycles. The van der Waals surface area contributed by atoms with Crippen LogP contribution in [0.25, 0.3) is 75.3 Å². The van der Waals surface area contributed by atoms with Gasteiger partial charge in [-0.25, -0.2) is 15.0 Å². The first kappa shape index (κ1) is 99.0. The van der Waals surface area contributed by atoms with Gasteiger partial charge in [-0.05, 0) is 175 Å². The molecule has 0 unspecified atom stereocenters. The summed E-state index contributed by atoms with van der Waals surface area (Å²) in [7, 11) is -3.55. The summed E-state index contributed by atoms with van der Waals surface area (Å²) >= 11 is 0. The molecule has 634 valence electrons. The van der Waals surface area contributed by atoms with Crippen molar-refractivity contribution in [3.63, 3.8) is 0 Å². The highest BCUT2D eigenvalue weighted by molar-refractivity contribution is 6.91. The first-order valence-electron chi connectivity index (χ1n) is 45.5. The molecule has 0 aliphatic rings. The Bertz CT molecular complexity index is 5030. The van der Waals surface area contributed by atoms with Crippen LogP contribution in [0.2, 0.25) is 33.2 Å². The molecule has 3 heterocycles. The van der Waals surface area contributed by atoms with Crippen LogP contribution < -0.4 is 0 Å². The van der Waals surface area contributed by atoms with Gasteiger partial charge in [0.05, 0.1) is 81.6 Å². The first-order valence-corrected chi connectivity index (χ1v) is 50.0. The zero-order chi connectivity index (χ0) is 88.8. The van der Waals surface area contributed by atoms with Crippen molar-refractivity contribution in [2.45, 2.75) is 351 Å². The summed E-state index contributed by atoms with van der Waals surface area (Å²) in [5.41, 5.74) is 26.5. The van der Waals surface area contributed by atoms with E-state index in [1.165, 1.54) is 140 Å². The number of benzene rings is 6. The van der Waals surface area contributed by atoms with E-state index >= 15 is 0 Å². The number of aromatic nitrogens is 6. The average molecular weight is 1650 g/mol. The number of fused-ring (bicyclic) bond motifs is 3. The van der Waals surface area contributed by atoms with Crippen molar-refractivity contribution in [3.05, 3.63) is 193 Å². The van der Waals surface area contributed by atoms with Gasteiger partial charge in [-0.15, -0.1) is 11.1 Å². The lowest BCUT2D eigenvalue weighted by molar-refractivity contribution is 0.462. The zero-order valence-corrected chi connectivity index (χ0v) is 78.8. The number of nitriles is 4. The minimum absolute atomic E-state index is 0.355. The van der Waals surface area contributed by atoms with Crippen LogP contribution in [0.1, 0.15) is 335 Å². The Morgan fingerprint density at radius 1 is 0.339 bits per heavy atom. The number of rotatable bonds is 37. The van der Waals surface area contributed by atoms with Crippen molar-refractivity contribution >= 4 is 72.0 Å². The lowest BCUT2D eigenvalue weighted by Gasteiger charge is -2.38. The number of unbranched alkanes of at least 4 members (excludes halogenated alkanes) is 14. The van der Waals surface area contributed by atoms with E-state index in [9.17, 15) is 21.0 Å². The summed E-state index contributed by atoms with van der Waals surface area (Å²) in [4.78, 5) is 28.9. The predicted molar refractivity (Wildman–Crippen MR) is 512 cm³/mol. The third-order valence-corrected chi connectivity index (χ3v) is 37.0. The fraction of sp³-hybridized carbons (Fsp3) is 0.514. The molecule has 0 bridgehead atoms. The SMILES string of the molecule is CCCCCCC(CCCCCC)c1nc2cc(C#N)c(C#N)cc2n1CCC.CCCCCCCc1cc(C#N)c(C#N)cc1CCCCCCC.[C-]#[N+]c1cc2nc(-c3ccc(C#C[Si](C(C)C)(C(C)C)C(C)C)cc3)n(CCC)c2cc1[N+]#[C-].[C-]#[N+]c1cc2nc(-c3ccc(C#C[Si](C(C)C)(C(C)C)C(C)C)cc3)n(CCC)c2cc1[N+]#[C-]. The fourth-order valence-electron chi connectivity index (χ4n) is 18.0. The Hall–Kier alpha value is -10.8. The van der Waals surface area contributed by atoms with Gasteiger partial charge >= 0.3 is 0 Å². The molecular weight excluding hydrogens is 1510 g/mol. The summed E-state index contributed by atoms with van der Waals surface area (Å²) in [6.07, 6.45) is 30.1. The van der Waals surface area contributed by atoms with Crippen molar-refractivity contribution in [1.82, 2.24) is 28.7 Å². The maximum Gasteiger partial charge on any atom is 0.196 e. The van der Waals surface area contributed by atoms with Gasteiger partial charge in [0.25, 0.3) is 0 Å². The number of aryl methyl sites for hydroxylation is 5. The normalized spacial score (nSPS) is 11.2. The molecular formula is C105H136N14Si2. The topological polar surface area (TPSA) is 166 Å². The summed E-state index contributed by atoms with van der Waals surface area (Å²) in [6.45, 7) is 75.6. The van der Waals surface area contributed by atoms with Crippen LogP contribution in [0.3, 0.4) is 0 Å². The van der Waals surface area contributed by atoms with Crippen LogP contribution in [0, 0.1) is 94.5 Å². The molecule has 6 aromatic carbocycles. The molecule has 0 fully saturated rings. The molecule has 16 heteroatoms. The molecule has 0 aliphatic carbocycles. The smallest absolute Gasteiger partial charge is 0.196 e. The molecule has 0 saturated carbocycles. The van der Waals surface area contributed by atoms with Crippen molar-refractivity contribution in [2.24, 2.45) is 0 Å². The molecule has 0 radical (unpaired) electrons. The molecule has 0 atom stereocenters. The lowest BCUT2D eigenvalue weighted by Crippen LogP contribution is -2.43. The van der Waals surface area contributed by atoms with Gasteiger partial charge < -0.3 is 13.7 Å². The number of imidazole rings is 3. The maximum absolute atomic E-state index is 9.45. The van der Waals surface area contributed by atoms with Gasteiger partial charge in [0.2, 0.25) is 0 Å². The van der Waals surface area contributed by atoms with E-state index in [0.29, 0.717) is 84.2 Å². The summed E-state index contributed by atoms with van der Waals surface area (Å²) in [6, 6.07) is 40.1. The van der Waals surface area contributed by atoms with E-state index in [4.69, 9.17) is 41.2 Å². The fourth-order valence-corrected chi connectivity index (χ4v) is 28.4. The van der Waals surface area contributed by atoms with E-state index in [1.807, 2.05) is 18.2 Å². The summed E-state index contributed by atoms with van der Waals surface area (Å²) < 4.78 is 6.64. The minimum atomic E-state index is -1.77. The molecule has 0 N–H and O–H groups in total. The Kier molecular flexibility index (Phi) is 41.3. The zero-order valence-electron chi connectivity index (χ0n) is 76.8. The minimum Gasteiger partial charge on any atom is -0.328 e. The third kappa shape index (κ3) is 25.9. The van der Waals surface area contributed by atoms with Crippen molar-refractivity contribution < 1.29 is 0 Å². The molecule has 0 aliphatic heterocycles. The van der Waals surface area contributed by atoms with Crippen LogP contribution in [0.15, 0.2) is 97.1 Å². The van der Waals surface area contributed by atoms with E-state index in [-0.39, 0.29) is 0 Å². The van der Waals surface area contributed by atoms with E-state index in [0.717, 1.165) is 125 Å². The highest BCUT2D eigenvalue weighted by Gasteiger charge is 2.43. The van der Waals surface area contributed by atoms with Gasteiger partial charge in [0, 0.05) is 47.8 Å². The Labute approximate surface area is 731 Å². The Morgan fingerprint density at radius 3 is 0.959 bits per heavy atom. The van der Waals surface area contributed by atoms with Crippen molar-refractivity contribution in [1.29, 1.82) is 21.0 Å². The van der Waals surface area contributed by atoms with Gasteiger partial charge in [0.15, 0.2) is 22.7 Å². The monoisotopic (exact) mass is 1650 g/mol. The van der Waals surface area contributed by atoms with Crippen LogP contribution in [0.4, 0.5) is 22.7 Å². The maximum atomic E-state index is 9.45. The van der Waals surface area contributed by atoms with Gasteiger partial charge in [-0.2, -0.15) is 21.0 Å². The van der Waals surface area contributed by atoms with Crippen LogP contribution in [-0.2, 0) is 32.5 Å². The standard InChI is InChI=1S/2C29H34N4Si.C25H36N4.C22H32N2/c2*1-10-16-33-28-19-26(31-9)25(30-8)18-27(28)32-29(33)24-13-11-23(12-14-24)15-17-34(20(2)3,21(4)5)22(6)7;1-4-7-9-11-13-20(14-12-10-8-5-2)25-28-23-16-21(18-26)22(19-27)17-24(23)29(25)15-6-3;1-3-5-7-9-11-13-19-15-21(17-23)22(18-24)16-20(19)14-12-10-8-6-4-2/h2*11-14,18-22H,10,16H2,1-7H3;16-17,20H,4-15H2,1-3H3;15-16H,3-14H2,1-2H3. The van der Waals surface area contributed by atoms with Gasteiger partial charge in [0.1, 0.15) is 57.9 Å². The van der Waals surface area contributed by atoms with Crippen LogP contribution in [0.5, 0.6) is 0 Å². The van der Waals surface area contributed by atoms with E-state index in [2.05, 4.69) is 260 Å². The van der Waals surface area contributed by atoms with Gasteiger partial charge in [-0.3, -0.25) is 19.4 Å². The molecule has 121 heavy (non-hydrogen) atoms. The summed E-state index contributed by atoms with van der Waals surface area (Å²) in [5, 5.41) is 37.4. The Morgan fingerprint density at radius 2 is 0.636 bits per heavy atom. The molecule has 9 aromatic rings. The van der Waals surface area contributed by atoms with Crippen LogP contribution in [-0.4, -0.2) is 44.8 Å². The largest absolute Gasteiger partial charge is 0.328 e. The molecule has 14 nitrogen and oxygen atoms in total. The first-order chi connectivity index (χ1) is 58.3. The highest BCUT2D eigenvalue weighted by atomic mass is 28.3. The Balaban J connectivity index is 0.000000252. The second-order valence-electron chi connectivity index (χ2n) is 34.6. The molecule has 0 amide bonds. The number of nitrogens with zero attached hydrogens (tertiary/aromatic N) is 14. The van der Waals surface area contributed by atoms with E-state index in [1.54, 1.807) is 30.3 Å². The number of hydrogen-bond acceptors (Lipinski definition) is 7. The quantitative estimate of drug-likeness (QED) is 0.0162. The average Bonchev–Trinajstić information content (AvgIpc) is 1.50.